The highest BCUT2D eigenvalue weighted by atomic mass is 16.6. The van der Waals surface area contributed by atoms with Crippen LogP contribution in [0.2, 0.25) is 0 Å². The van der Waals surface area contributed by atoms with E-state index in [0.29, 0.717) is 30.4 Å². The maximum Gasteiger partial charge on any atom is 0.311 e. The molecule has 0 unspecified atom stereocenters. The molecule has 1 aliphatic rings. The van der Waals surface area contributed by atoms with Crippen LogP contribution in [0, 0.1) is 5.92 Å². The number of aromatic nitrogens is 1. The van der Waals surface area contributed by atoms with Gasteiger partial charge in [0, 0.05) is 18.8 Å². The zero-order valence-corrected chi connectivity index (χ0v) is 16.6. The Kier molecular flexibility index (Phi) is 7.65. The number of benzene rings is 1. The number of carbonyl (C=O) groups excluding carboxylic acids is 1. The molecule has 28 heavy (non-hydrogen) atoms. The maximum atomic E-state index is 12.3. The molecule has 4 nitrogen and oxygen atoms in total. The fourth-order valence-corrected chi connectivity index (χ4v) is 3.62. The molecule has 4 heteroatoms. The van der Waals surface area contributed by atoms with E-state index in [-0.39, 0.29) is 5.97 Å². The van der Waals surface area contributed by atoms with Gasteiger partial charge in [0.05, 0.1) is 6.61 Å². The van der Waals surface area contributed by atoms with Crippen LogP contribution in [0.3, 0.4) is 0 Å². The number of ether oxygens (including phenoxy) is 2. The van der Waals surface area contributed by atoms with Crippen LogP contribution in [0.5, 0.6) is 11.5 Å². The van der Waals surface area contributed by atoms with Gasteiger partial charge in [-0.15, -0.1) is 0 Å². The number of hydrogen-bond acceptors (Lipinski definition) is 4. The Hall–Kier alpha value is -2.62. The molecule has 0 amide bonds. The molecule has 0 bridgehead atoms. The van der Waals surface area contributed by atoms with Crippen molar-refractivity contribution in [3.8, 4) is 11.5 Å². The van der Waals surface area contributed by atoms with Gasteiger partial charge < -0.3 is 9.47 Å². The van der Waals surface area contributed by atoms with Crippen LogP contribution in [-0.2, 0) is 4.79 Å². The van der Waals surface area contributed by atoms with Crippen molar-refractivity contribution in [2.75, 3.05) is 6.61 Å². The summed E-state index contributed by atoms with van der Waals surface area (Å²) >= 11 is 0. The van der Waals surface area contributed by atoms with E-state index in [4.69, 9.17) is 9.47 Å². The summed E-state index contributed by atoms with van der Waals surface area (Å²) in [5.41, 5.74) is 2.06. The quantitative estimate of drug-likeness (QED) is 0.422. The molecule has 0 saturated heterocycles. The normalized spacial score (nSPS) is 14.9. The SMILES string of the molecule is CCOc1cc(/C=C/c2ccncc2)ccc1OC(=O)CCC1CCCCC1. The fourth-order valence-electron chi connectivity index (χ4n) is 3.62. The number of pyridine rings is 1. The van der Waals surface area contributed by atoms with Crippen molar-refractivity contribution < 1.29 is 14.3 Å². The minimum absolute atomic E-state index is 0.174. The summed E-state index contributed by atoms with van der Waals surface area (Å²) in [6, 6.07) is 9.55. The molecular formula is C24H29NO3. The molecule has 1 heterocycles. The van der Waals surface area contributed by atoms with Crippen molar-refractivity contribution in [3.63, 3.8) is 0 Å². The molecular weight excluding hydrogens is 350 g/mol. The smallest absolute Gasteiger partial charge is 0.311 e. The molecule has 2 aromatic rings. The van der Waals surface area contributed by atoms with Gasteiger partial charge in [0.1, 0.15) is 0 Å². The number of nitrogens with zero attached hydrogens (tertiary/aromatic N) is 1. The van der Waals surface area contributed by atoms with Crippen LogP contribution in [0.4, 0.5) is 0 Å². The van der Waals surface area contributed by atoms with E-state index in [9.17, 15) is 4.79 Å². The van der Waals surface area contributed by atoms with E-state index < -0.39 is 0 Å². The lowest BCUT2D eigenvalue weighted by Crippen LogP contribution is -2.13. The van der Waals surface area contributed by atoms with E-state index in [0.717, 1.165) is 17.5 Å². The summed E-state index contributed by atoms with van der Waals surface area (Å²) in [6.07, 6.45) is 15.4. The minimum atomic E-state index is -0.174. The molecule has 1 aromatic heterocycles. The van der Waals surface area contributed by atoms with E-state index in [1.54, 1.807) is 12.4 Å². The zero-order valence-electron chi connectivity index (χ0n) is 16.6. The predicted molar refractivity (Wildman–Crippen MR) is 112 cm³/mol. The highest BCUT2D eigenvalue weighted by molar-refractivity contribution is 5.75. The summed E-state index contributed by atoms with van der Waals surface area (Å²) < 4.78 is 11.3. The second-order valence-corrected chi connectivity index (χ2v) is 7.27. The van der Waals surface area contributed by atoms with Crippen molar-refractivity contribution in [2.45, 2.75) is 51.9 Å². The summed E-state index contributed by atoms with van der Waals surface area (Å²) in [5.74, 6) is 1.60. The van der Waals surface area contributed by atoms with Crippen LogP contribution in [0.25, 0.3) is 12.2 Å². The Bertz CT molecular complexity index is 780. The van der Waals surface area contributed by atoms with Crippen molar-refractivity contribution in [3.05, 3.63) is 53.9 Å². The summed E-state index contributed by atoms with van der Waals surface area (Å²) in [7, 11) is 0. The Balaban J connectivity index is 1.61. The van der Waals surface area contributed by atoms with Crippen molar-refractivity contribution in [2.24, 2.45) is 5.92 Å². The molecule has 0 spiro atoms. The third-order valence-corrected chi connectivity index (χ3v) is 5.15. The maximum absolute atomic E-state index is 12.3. The summed E-state index contributed by atoms with van der Waals surface area (Å²) in [6.45, 7) is 2.44. The largest absolute Gasteiger partial charge is 0.490 e. The van der Waals surface area contributed by atoms with Gasteiger partial charge in [-0.1, -0.05) is 50.3 Å². The molecule has 148 valence electrons. The van der Waals surface area contributed by atoms with E-state index in [1.807, 2.05) is 49.4 Å². The second kappa shape index (κ2) is 10.6. The molecule has 0 radical (unpaired) electrons. The van der Waals surface area contributed by atoms with Crippen molar-refractivity contribution >= 4 is 18.1 Å². The van der Waals surface area contributed by atoms with Gasteiger partial charge >= 0.3 is 5.97 Å². The van der Waals surface area contributed by atoms with Gasteiger partial charge in [-0.25, -0.2) is 0 Å². The van der Waals surface area contributed by atoms with Gasteiger partial charge in [-0.05, 0) is 54.7 Å². The van der Waals surface area contributed by atoms with Crippen LogP contribution in [0.15, 0.2) is 42.7 Å². The molecule has 0 aliphatic heterocycles. The van der Waals surface area contributed by atoms with Crippen molar-refractivity contribution in [1.29, 1.82) is 0 Å². The Morgan fingerprint density at radius 3 is 2.54 bits per heavy atom. The Morgan fingerprint density at radius 1 is 1.04 bits per heavy atom. The molecule has 1 fully saturated rings. The van der Waals surface area contributed by atoms with Crippen LogP contribution < -0.4 is 9.47 Å². The van der Waals surface area contributed by atoms with Gasteiger partial charge in [-0.3, -0.25) is 9.78 Å². The molecule has 3 rings (SSSR count). The average Bonchev–Trinajstić information content (AvgIpc) is 2.74. The first kappa shape index (κ1) is 20.1. The van der Waals surface area contributed by atoms with Crippen LogP contribution in [0.1, 0.15) is 63.0 Å². The highest BCUT2D eigenvalue weighted by Gasteiger charge is 2.17. The van der Waals surface area contributed by atoms with Gasteiger partial charge in [0.25, 0.3) is 0 Å². The van der Waals surface area contributed by atoms with Gasteiger partial charge in [0.15, 0.2) is 11.5 Å². The standard InChI is InChI=1S/C24H29NO3/c1-2-27-23-18-21(9-8-20-14-16-25-17-15-20)10-12-22(23)28-24(26)13-11-19-6-4-3-5-7-19/h8-10,12,14-19H,2-7,11,13H2,1H3/b9-8+. The zero-order chi connectivity index (χ0) is 19.6. The van der Waals surface area contributed by atoms with E-state index in [1.165, 1.54) is 32.1 Å². The predicted octanol–water partition coefficient (Wildman–Crippen LogP) is 5.92. The summed E-state index contributed by atoms with van der Waals surface area (Å²) in [5, 5.41) is 0. The first-order chi connectivity index (χ1) is 13.7. The van der Waals surface area contributed by atoms with Crippen molar-refractivity contribution in [1.82, 2.24) is 4.98 Å². The average molecular weight is 380 g/mol. The summed E-state index contributed by atoms with van der Waals surface area (Å²) in [4.78, 5) is 16.3. The minimum Gasteiger partial charge on any atom is -0.490 e. The molecule has 1 aromatic carbocycles. The molecule has 0 atom stereocenters. The third-order valence-electron chi connectivity index (χ3n) is 5.15. The topological polar surface area (TPSA) is 48.4 Å². The van der Waals surface area contributed by atoms with Gasteiger partial charge in [0.2, 0.25) is 0 Å². The number of carbonyl (C=O) groups is 1. The Morgan fingerprint density at radius 2 is 1.79 bits per heavy atom. The fraction of sp³-hybridized carbons (Fsp3) is 0.417. The lowest BCUT2D eigenvalue weighted by molar-refractivity contribution is -0.134. The monoisotopic (exact) mass is 379 g/mol. The molecule has 1 saturated carbocycles. The lowest BCUT2D eigenvalue weighted by atomic mass is 9.86. The highest BCUT2D eigenvalue weighted by Crippen LogP contribution is 2.31. The lowest BCUT2D eigenvalue weighted by Gasteiger charge is -2.20. The van der Waals surface area contributed by atoms with Crippen LogP contribution in [-0.4, -0.2) is 17.6 Å². The van der Waals surface area contributed by atoms with Crippen LogP contribution >= 0.6 is 0 Å². The first-order valence-corrected chi connectivity index (χ1v) is 10.3. The van der Waals surface area contributed by atoms with E-state index >= 15 is 0 Å². The number of rotatable bonds is 8. The molecule has 1 aliphatic carbocycles. The Labute approximate surface area is 167 Å². The second-order valence-electron chi connectivity index (χ2n) is 7.27. The number of esters is 1. The first-order valence-electron chi connectivity index (χ1n) is 10.3. The van der Waals surface area contributed by atoms with Gasteiger partial charge in [-0.2, -0.15) is 0 Å². The molecule has 0 N–H and O–H groups in total. The third kappa shape index (κ3) is 6.22. The number of hydrogen-bond donors (Lipinski definition) is 0. The van der Waals surface area contributed by atoms with E-state index in [2.05, 4.69) is 4.98 Å².